The third-order valence-electron chi connectivity index (χ3n) is 3.87. The standard InChI is InChI=1S/C15H22ClNO/c1-11-5-7-17(8-6-11)10-15(18)13-3-4-14(16)12(2)9-13/h3-4,9,11,15,18H,5-8,10H2,1-2H3. The molecule has 0 saturated carbocycles. The van der Waals surface area contributed by atoms with Gasteiger partial charge in [0, 0.05) is 11.6 Å². The Bertz CT molecular complexity index is 399. The maximum atomic E-state index is 10.3. The summed E-state index contributed by atoms with van der Waals surface area (Å²) in [6.07, 6.45) is 2.08. The van der Waals surface area contributed by atoms with E-state index in [4.69, 9.17) is 11.6 Å². The second kappa shape index (κ2) is 6.05. The van der Waals surface area contributed by atoms with Crippen LogP contribution in [0.4, 0.5) is 0 Å². The molecule has 1 atom stereocenters. The molecule has 1 saturated heterocycles. The minimum Gasteiger partial charge on any atom is -0.387 e. The molecule has 0 radical (unpaired) electrons. The van der Waals surface area contributed by atoms with Crippen LogP contribution in [0.1, 0.15) is 37.0 Å². The second-order valence-corrected chi connectivity index (χ2v) is 5.91. The maximum absolute atomic E-state index is 10.3. The van der Waals surface area contributed by atoms with Crippen molar-refractivity contribution >= 4 is 11.6 Å². The minimum atomic E-state index is -0.408. The zero-order valence-electron chi connectivity index (χ0n) is 11.2. The number of aliphatic hydroxyl groups excluding tert-OH is 1. The molecule has 0 aromatic heterocycles. The van der Waals surface area contributed by atoms with Crippen molar-refractivity contribution in [2.45, 2.75) is 32.8 Å². The second-order valence-electron chi connectivity index (χ2n) is 5.51. The summed E-state index contributed by atoms with van der Waals surface area (Å²) in [5.41, 5.74) is 2.00. The van der Waals surface area contributed by atoms with Crippen LogP contribution in [-0.4, -0.2) is 29.6 Å². The van der Waals surface area contributed by atoms with Gasteiger partial charge >= 0.3 is 0 Å². The predicted molar refractivity (Wildman–Crippen MR) is 76.0 cm³/mol. The minimum absolute atomic E-state index is 0.408. The molecule has 2 nitrogen and oxygen atoms in total. The van der Waals surface area contributed by atoms with Crippen molar-refractivity contribution in [1.82, 2.24) is 4.90 Å². The van der Waals surface area contributed by atoms with Crippen LogP contribution in [0.15, 0.2) is 18.2 Å². The summed E-state index contributed by atoms with van der Waals surface area (Å²) >= 11 is 6.00. The van der Waals surface area contributed by atoms with Gasteiger partial charge in [-0.3, -0.25) is 0 Å². The lowest BCUT2D eigenvalue weighted by Crippen LogP contribution is -2.35. The van der Waals surface area contributed by atoms with Gasteiger partial charge in [-0.05, 0) is 56.0 Å². The summed E-state index contributed by atoms with van der Waals surface area (Å²) in [6, 6.07) is 5.78. The molecule has 1 unspecified atom stereocenters. The number of hydrogen-bond donors (Lipinski definition) is 1. The number of nitrogens with zero attached hydrogens (tertiary/aromatic N) is 1. The van der Waals surface area contributed by atoms with E-state index in [2.05, 4.69) is 11.8 Å². The molecule has 2 rings (SSSR count). The van der Waals surface area contributed by atoms with E-state index in [9.17, 15) is 5.11 Å². The maximum Gasteiger partial charge on any atom is 0.0917 e. The molecule has 3 heteroatoms. The monoisotopic (exact) mass is 267 g/mol. The summed E-state index contributed by atoms with van der Waals surface area (Å²) in [4.78, 5) is 2.36. The molecule has 1 aliphatic rings. The fourth-order valence-corrected chi connectivity index (χ4v) is 2.59. The Balaban J connectivity index is 1.94. The van der Waals surface area contributed by atoms with Gasteiger partial charge in [-0.15, -0.1) is 0 Å². The quantitative estimate of drug-likeness (QED) is 0.907. The van der Waals surface area contributed by atoms with Crippen LogP contribution >= 0.6 is 11.6 Å². The smallest absolute Gasteiger partial charge is 0.0917 e. The summed E-state index contributed by atoms with van der Waals surface area (Å²) in [7, 11) is 0. The van der Waals surface area contributed by atoms with Crippen LogP contribution in [0.2, 0.25) is 5.02 Å². The Kier molecular flexibility index (Phi) is 4.66. The first-order chi connectivity index (χ1) is 8.56. The van der Waals surface area contributed by atoms with Gasteiger partial charge in [0.2, 0.25) is 0 Å². The lowest BCUT2D eigenvalue weighted by molar-refractivity contribution is 0.0916. The van der Waals surface area contributed by atoms with E-state index in [1.807, 2.05) is 25.1 Å². The van der Waals surface area contributed by atoms with E-state index in [-0.39, 0.29) is 0 Å². The van der Waals surface area contributed by atoms with Crippen LogP contribution in [0, 0.1) is 12.8 Å². The summed E-state index contributed by atoms with van der Waals surface area (Å²) in [5.74, 6) is 0.830. The number of hydrogen-bond acceptors (Lipinski definition) is 2. The summed E-state index contributed by atoms with van der Waals surface area (Å²) < 4.78 is 0. The molecule has 100 valence electrons. The van der Waals surface area contributed by atoms with Gasteiger partial charge in [-0.25, -0.2) is 0 Å². The largest absolute Gasteiger partial charge is 0.387 e. The lowest BCUT2D eigenvalue weighted by Gasteiger charge is -2.31. The van der Waals surface area contributed by atoms with Gasteiger partial charge in [-0.2, -0.15) is 0 Å². The van der Waals surface area contributed by atoms with Crippen molar-refractivity contribution in [1.29, 1.82) is 0 Å². The zero-order valence-corrected chi connectivity index (χ0v) is 12.0. The number of aliphatic hydroxyl groups is 1. The normalized spacial score (nSPS) is 20.0. The summed E-state index contributed by atoms with van der Waals surface area (Å²) in [6.45, 7) is 7.21. The first kappa shape index (κ1) is 13.9. The number of rotatable bonds is 3. The SMILES string of the molecule is Cc1cc(C(O)CN2CCC(C)CC2)ccc1Cl. The Morgan fingerprint density at radius 3 is 2.67 bits per heavy atom. The van der Waals surface area contributed by atoms with Crippen molar-refractivity contribution in [3.63, 3.8) is 0 Å². The molecule has 1 aliphatic heterocycles. The van der Waals surface area contributed by atoms with Crippen molar-refractivity contribution in [2.75, 3.05) is 19.6 Å². The van der Waals surface area contributed by atoms with E-state index in [1.165, 1.54) is 12.8 Å². The average molecular weight is 268 g/mol. The molecule has 18 heavy (non-hydrogen) atoms. The molecular formula is C15H22ClNO. The van der Waals surface area contributed by atoms with Gasteiger partial charge in [0.05, 0.1) is 6.10 Å². The van der Waals surface area contributed by atoms with Crippen molar-refractivity contribution in [3.05, 3.63) is 34.3 Å². The highest BCUT2D eigenvalue weighted by atomic mass is 35.5. The van der Waals surface area contributed by atoms with E-state index < -0.39 is 6.10 Å². The highest BCUT2D eigenvalue weighted by molar-refractivity contribution is 6.31. The highest BCUT2D eigenvalue weighted by Gasteiger charge is 2.19. The number of β-amino-alcohol motifs (C(OH)–C–C–N with tert-alkyl or cyclic N) is 1. The van der Waals surface area contributed by atoms with E-state index in [1.54, 1.807) is 0 Å². The number of likely N-dealkylation sites (tertiary alicyclic amines) is 1. The number of piperidine rings is 1. The van der Waals surface area contributed by atoms with Crippen LogP contribution in [0.5, 0.6) is 0 Å². The molecule has 0 spiro atoms. The molecule has 0 aliphatic carbocycles. The molecule has 1 aromatic carbocycles. The van der Waals surface area contributed by atoms with E-state index in [0.29, 0.717) is 0 Å². The molecule has 1 N–H and O–H groups in total. The van der Waals surface area contributed by atoms with Gasteiger partial charge in [-0.1, -0.05) is 30.7 Å². The molecular weight excluding hydrogens is 246 g/mol. The van der Waals surface area contributed by atoms with Crippen molar-refractivity contribution < 1.29 is 5.11 Å². The molecule has 1 heterocycles. The number of benzene rings is 1. The molecule has 1 aromatic rings. The highest BCUT2D eigenvalue weighted by Crippen LogP contribution is 2.23. The van der Waals surface area contributed by atoms with Gasteiger partial charge in [0.25, 0.3) is 0 Å². The van der Waals surface area contributed by atoms with Crippen molar-refractivity contribution in [3.8, 4) is 0 Å². The topological polar surface area (TPSA) is 23.5 Å². The first-order valence-corrected chi connectivity index (χ1v) is 7.10. The Morgan fingerprint density at radius 1 is 1.39 bits per heavy atom. The lowest BCUT2D eigenvalue weighted by atomic mass is 9.98. The van der Waals surface area contributed by atoms with Crippen LogP contribution in [0.3, 0.4) is 0 Å². The Morgan fingerprint density at radius 2 is 2.06 bits per heavy atom. The summed E-state index contributed by atoms with van der Waals surface area (Å²) in [5, 5.41) is 11.0. The third-order valence-corrected chi connectivity index (χ3v) is 4.30. The van der Waals surface area contributed by atoms with Crippen molar-refractivity contribution in [2.24, 2.45) is 5.92 Å². The fraction of sp³-hybridized carbons (Fsp3) is 0.600. The predicted octanol–water partition coefficient (Wildman–Crippen LogP) is 3.41. The van der Waals surface area contributed by atoms with Crippen LogP contribution in [0.25, 0.3) is 0 Å². The number of aryl methyl sites for hydroxylation is 1. The molecule has 1 fully saturated rings. The fourth-order valence-electron chi connectivity index (χ4n) is 2.47. The molecule has 0 bridgehead atoms. The zero-order chi connectivity index (χ0) is 13.1. The van der Waals surface area contributed by atoms with E-state index >= 15 is 0 Å². The third kappa shape index (κ3) is 3.47. The van der Waals surface area contributed by atoms with E-state index in [0.717, 1.165) is 41.7 Å². The average Bonchev–Trinajstić information content (AvgIpc) is 2.35. The van der Waals surface area contributed by atoms with Crippen LogP contribution < -0.4 is 0 Å². The van der Waals surface area contributed by atoms with Gasteiger partial charge < -0.3 is 10.0 Å². The Labute approximate surface area is 115 Å². The Hall–Kier alpha value is -0.570. The number of halogens is 1. The first-order valence-electron chi connectivity index (χ1n) is 6.72. The van der Waals surface area contributed by atoms with Gasteiger partial charge in [0.1, 0.15) is 0 Å². The van der Waals surface area contributed by atoms with Gasteiger partial charge in [0.15, 0.2) is 0 Å². The molecule has 0 amide bonds. The van der Waals surface area contributed by atoms with Crippen LogP contribution in [-0.2, 0) is 0 Å².